The minimum absolute atomic E-state index is 0.0655. The molecule has 0 heterocycles. The van der Waals surface area contributed by atoms with Gasteiger partial charge in [0.05, 0.1) is 8.95 Å². The van der Waals surface area contributed by atoms with E-state index in [4.69, 9.17) is 5.73 Å². The van der Waals surface area contributed by atoms with Gasteiger partial charge in [0, 0.05) is 16.1 Å². The van der Waals surface area contributed by atoms with Crippen LogP contribution in [0.2, 0.25) is 0 Å². The number of unbranched alkanes of at least 4 members (excludes halogenated alkanes) is 2. The zero-order chi connectivity index (χ0) is 13.0. The van der Waals surface area contributed by atoms with Gasteiger partial charge in [-0.25, -0.2) is 0 Å². The van der Waals surface area contributed by atoms with Crippen molar-refractivity contribution in [2.45, 2.75) is 38.6 Å². The van der Waals surface area contributed by atoms with Gasteiger partial charge in [0.25, 0.3) is 0 Å². The summed E-state index contributed by atoms with van der Waals surface area (Å²) in [5.41, 5.74) is 7.10. The summed E-state index contributed by atoms with van der Waals surface area (Å²) in [5, 5.41) is 9.86. The predicted octanol–water partition coefficient (Wildman–Crippen LogP) is 5.26. The van der Waals surface area contributed by atoms with Crippen molar-refractivity contribution in [2.75, 3.05) is 0 Å². The van der Waals surface area contributed by atoms with E-state index in [2.05, 4.69) is 54.7 Å². The molecule has 1 atom stereocenters. The summed E-state index contributed by atoms with van der Waals surface area (Å²) in [4.78, 5) is 0. The van der Waals surface area contributed by atoms with Gasteiger partial charge in [-0.2, -0.15) is 0 Å². The van der Waals surface area contributed by atoms with Crippen molar-refractivity contribution in [1.29, 1.82) is 0 Å². The highest BCUT2D eigenvalue weighted by Gasteiger charge is 2.18. The summed E-state index contributed by atoms with van der Waals surface area (Å²) in [6.07, 6.45) is 4.39. The van der Waals surface area contributed by atoms with Crippen LogP contribution in [0.25, 0.3) is 0 Å². The van der Waals surface area contributed by atoms with Crippen molar-refractivity contribution in [1.82, 2.24) is 0 Å². The Morgan fingerprint density at radius 1 is 1.24 bits per heavy atom. The van der Waals surface area contributed by atoms with E-state index in [0.29, 0.717) is 8.95 Å². The Hall–Kier alpha value is 0.420. The van der Waals surface area contributed by atoms with Gasteiger partial charge in [-0.3, -0.25) is 0 Å². The van der Waals surface area contributed by atoms with Crippen molar-refractivity contribution in [2.24, 2.45) is 5.73 Å². The highest BCUT2D eigenvalue weighted by Crippen LogP contribution is 2.42. The molecule has 0 aliphatic carbocycles. The predicted molar refractivity (Wildman–Crippen MR) is 82.3 cm³/mol. The normalized spacial score (nSPS) is 12.8. The zero-order valence-electron chi connectivity index (χ0n) is 9.64. The number of hydrogen-bond donors (Lipinski definition) is 2. The minimum Gasteiger partial charge on any atom is -0.506 e. The van der Waals surface area contributed by atoms with E-state index >= 15 is 0 Å². The Bertz CT molecular complexity index is 396. The second kappa shape index (κ2) is 7.12. The first-order valence-electron chi connectivity index (χ1n) is 5.61. The molecule has 0 spiro atoms. The summed E-state index contributed by atoms with van der Waals surface area (Å²) in [7, 11) is 0. The van der Waals surface area contributed by atoms with E-state index < -0.39 is 0 Å². The summed E-state index contributed by atoms with van der Waals surface area (Å²) in [6, 6.07) is 1.76. The summed E-state index contributed by atoms with van der Waals surface area (Å²) < 4.78 is 2.24. The molecule has 1 aromatic carbocycles. The number of hydrogen-bond acceptors (Lipinski definition) is 2. The van der Waals surface area contributed by atoms with Gasteiger partial charge in [0.1, 0.15) is 5.75 Å². The van der Waals surface area contributed by atoms with Gasteiger partial charge in [0.15, 0.2) is 0 Å². The number of phenolic OH excluding ortho intramolecular Hbond substituents is 1. The lowest BCUT2D eigenvalue weighted by atomic mass is 10.0. The molecular weight excluding hydrogens is 414 g/mol. The van der Waals surface area contributed by atoms with Crippen LogP contribution in [0.5, 0.6) is 5.75 Å². The molecule has 0 bridgehead atoms. The molecule has 2 nitrogen and oxygen atoms in total. The molecule has 0 aliphatic heterocycles. The highest BCUT2D eigenvalue weighted by atomic mass is 79.9. The molecule has 1 aromatic rings. The topological polar surface area (TPSA) is 46.2 Å². The molecule has 0 amide bonds. The lowest BCUT2D eigenvalue weighted by Gasteiger charge is -2.17. The first-order chi connectivity index (χ1) is 7.99. The molecule has 0 aromatic heterocycles. The van der Waals surface area contributed by atoms with E-state index in [1.165, 1.54) is 12.8 Å². The Morgan fingerprint density at radius 3 is 2.47 bits per heavy atom. The first kappa shape index (κ1) is 15.5. The maximum absolute atomic E-state index is 9.86. The van der Waals surface area contributed by atoms with E-state index in [1.54, 1.807) is 0 Å². The Morgan fingerprint density at radius 2 is 1.88 bits per heavy atom. The maximum Gasteiger partial charge on any atom is 0.144 e. The third kappa shape index (κ3) is 3.94. The highest BCUT2D eigenvalue weighted by molar-refractivity contribution is 9.11. The average Bonchev–Trinajstić information content (AvgIpc) is 2.26. The van der Waals surface area contributed by atoms with Gasteiger partial charge >= 0.3 is 0 Å². The van der Waals surface area contributed by atoms with Crippen molar-refractivity contribution in [3.05, 3.63) is 25.0 Å². The molecule has 0 aliphatic rings. The quantitative estimate of drug-likeness (QED) is 0.627. The summed E-state index contributed by atoms with van der Waals surface area (Å²) in [5.74, 6) is 0.203. The smallest absolute Gasteiger partial charge is 0.144 e. The van der Waals surface area contributed by atoms with Crippen molar-refractivity contribution in [3.63, 3.8) is 0 Å². The van der Waals surface area contributed by atoms with Crippen LogP contribution in [-0.4, -0.2) is 5.11 Å². The number of nitrogens with two attached hydrogens (primary N) is 1. The minimum atomic E-state index is -0.0655. The van der Waals surface area contributed by atoms with Gasteiger partial charge in [-0.15, -0.1) is 0 Å². The van der Waals surface area contributed by atoms with Crippen LogP contribution in [-0.2, 0) is 0 Å². The van der Waals surface area contributed by atoms with Crippen LogP contribution in [0.3, 0.4) is 0 Å². The monoisotopic (exact) mass is 427 g/mol. The van der Waals surface area contributed by atoms with Crippen LogP contribution in [0.4, 0.5) is 0 Å². The molecule has 5 heteroatoms. The molecule has 1 rings (SSSR count). The SMILES string of the molecule is CCCCC[C@@H](N)c1c(Br)cc(Br)c(O)c1Br. The van der Waals surface area contributed by atoms with Gasteiger partial charge in [-0.1, -0.05) is 42.1 Å². The number of benzene rings is 1. The molecule has 0 fully saturated rings. The molecular formula is C12H16Br3NO. The fraction of sp³-hybridized carbons (Fsp3) is 0.500. The van der Waals surface area contributed by atoms with E-state index in [0.717, 1.165) is 22.9 Å². The summed E-state index contributed by atoms with van der Waals surface area (Å²) in [6.45, 7) is 2.17. The number of rotatable bonds is 5. The molecule has 96 valence electrons. The maximum atomic E-state index is 9.86. The van der Waals surface area contributed by atoms with Crippen molar-refractivity contribution >= 4 is 47.8 Å². The van der Waals surface area contributed by atoms with E-state index in [-0.39, 0.29) is 11.8 Å². The molecule has 17 heavy (non-hydrogen) atoms. The number of phenols is 1. The molecule has 0 saturated carbocycles. The number of aromatic hydroxyl groups is 1. The lowest BCUT2D eigenvalue weighted by molar-refractivity contribution is 0.465. The van der Waals surface area contributed by atoms with Crippen LogP contribution >= 0.6 is 47.8 Å². The molecule has 0 radical (unpaired) electrons. The van der Waals surface area contributed by atoms with Crippen LogP contribution < -0.4 is 5.73 Å². The molecule has 0 saturated heterocycles. The average molecular weight is 430 g/mol. The fourth-order valence-electron chi connectivity index (χ4n) is 1.69. The van der Waals surface area contributed by atoms with E-state index in [1.807, 2.05) is 6.07 Å². The largest absolute Gasteiger partial charge is 0.506 e. The zero-order valence-corrected chi connectivity index (χ0v) is 14.4. The third-order valence-electron chi connectivity index (χ3n) is 2.67. The fourth-order valence-corrected chi connectivity index (χ4v) is 4.40. The Balaban J connectivity index is 2.93. The third-order valence-corrected chi connectivity index (χ3v) is 4.73. The van der Waals surface area contributed by atoms with E-state index in [9.17, 15) is 5.11 Å². The summed E-state index contributed by atoms with van der Waals surface area (Å²) >= 11 is 10.2. The van der Waals surface area contributed by atoms with Crippen LogP contribution in [0, 0.1) is 0 Å². The second-order valence-electron chi connectivity index (χ2n) is 4.02. The standard InChI is InChI=1S/C12H16Br3NO/c1-2-3-4-5-9(16)10-7(13)6-8(14)12(17)11(10)15/h6,9,17H,2-5,16H2,1H3/t9-/m1/s1. The Kier molecular flexibility index (Phi) is 6.48. The first-order valence-corrected chi connectivity index (χ1v) is 7.98. The van der Waals surface area contributed by atoms with Gasteiger partial charge in [0.2, 0.25) is 0 Å². The van der Waals surface area contributed by atoms with Crippen LogP contribution in [0.1, 0.15) is 44.2 Å². The molecule has 3 N–H and O–H groups in total. The van der Waals surface area contributed by atoms with Crippen molar-refractivity contribution in [3.8, 4) is 5.75 Å². The second-order valence-corrected chi connectivity index (χ2v) is 6.52. The van der Waals surface area contributed by atoms with Gasteiger partial charge in [-0.05, 0) is 44.3 Å². The lowest BCUT2D eigenvalue weighted by Crippen LogP contribution is -2.11. The van der Waals surface area contributed by atoms with Gasteiger partial charge < -0.3 is 10.8 Å². The van der Waals surface area contributed by atoms with Crippen LogP contribution in [0.15, 0.2) is 19.5 Å². The van der Waals surface area contributed by atoms with Crippen molar-refractivity contribution < 1.29 is 5.11 Å². The number of halogens is 3. The molecule has 0 unspecified atom stereocenters. The Labute approximate surface area is 127 Å².